The minimum atomic E-state index is -0.367. The number of hydrogen-bond acceptors (Lipinski definition) is 3. The molecule has 84 valence electrons. The Morgan fingerprint density at radius 1 is 1.06 bits per heavy atom. The first-order valence-electron chi connectivity index (χ1n) is 5.09. The van der Waals surface area contributed by atoms with Gasteiger partial charge in [0, 0.05) is 12.3 Å². The monoisotopic (exact) mass is 245 g/mol. The van der Waals surface area contributed by atoms with E-state index in [0.717, 1.165) is 10.2 Å². The highest BCUT2D eigenvalue weighted by Crippen LogP contribution is 2.33. The fraction of sp³-hybridized carbons (Fsp3) is 0. The van der Waals surface area contributed by atoms with E-state index < -0.39 is 0 Å². The summed E-state index contributed by atoms with van der Waals surface area (Å²) < 4.78 is 20.0. The predicted octanol–water partition coefficient (Wildman–Crippen LogP) is 4.23. The summed E-state index contributed by atoms with van der Waals surface area (Å²) in [7, 11) is 0. The number of halogens is 1. The fourth-order valence-corrected chi connectivity index (χ4v) is 2.38. The summed E-state index contributed by atoms with van der Waals surface area (Å²) in [6.45, 7) is 0. The number of rotatable bonds is 2. The lowest BCUT2D eigenvalue weighted by Crippen LogP contribution is -1.88. The number of aromatic nitrogens is 1. The Labute approximate surface area is 101 Å². The van der Waals surface area contributed by atoms with Crippen molar-refractivity contribution < 1.29 is 9.13 Å². The third-order valence-electron chi connectivity index (χ3n) is 2.36. The van der Waals surface area contributed by atoms with Crippen molar-refractivity contribution in [3.8, 4) is 11.5 Å². The van der Waals surface area contributed by atoms with Gasteiger partial charge < -0.3 is 4.74 Å². The van der Waals surface area contributed by atoms with E-state index in [2.05, 4.69) is 4.98 Å². The molecule has 0 amide bonds. The van der Waals surface area contributed by atoms with Gasteiger partial charge >= 0.3 is 0 Å². The van der Waals surface area contributed by atoms with E-state index in [1.54, 1.807) is 30.5 Å². The van der Waals surface area contributed by atoms with Crippen LogP contribution in [0.1, 0.15) is 0 Å². The van der Waals surface area contributed by atoms with Crippen molar-refractivity contribution in [2.45, 2.75) is 0 Å². The molecule has 0 saturated heterocycles. The van der Waals surface area contributed by atoms with Crippen LogP contribution < -0.4 is 4.74 Å². The van der Waals surface area contributed by atoms with Crippen LogP contribution in [-0.4, -0.2) is 4.98 Å². The Morgan fingerprint density at radius 2 is 1.94 bits per heavy atom. The van der Waals surface area contributed by atoms with Gasteiger partial charge in [0.05, 0.1) is 10.2 Å². The van der Waals surface area contributed by atoms with Crippen molar-refractivity contribution in [2.75, 3.05) is 0 Å². The number of hydrogen-bond donors (Lipinski definition) is 0. The fourth-order valence-electron chi connectivity index (χ4n) is 1.58. The zero-order chi connectivity index (χ0) is 11.7. The molecule has 0 N–H and O–H groups in total. The Morgan fingerprint density at radius 3 is 2.82 bits per heavy atom. The van der Waals surface area contributed by atoms with E-state index in [1.807, 2.05) is 11.4 Å². The molecular weight excluding hydrogens is 237 g/mol. The van der Waals surface area contributed by atoms with Gasteiger partial charge in [-0.05, 0) is 23.6 Å². The van der Waals surface area contributed by atoms with Gasteiger partial charge in [-0.3, -0.25) is 4.98 Å². The van der Waals surface area contributed by atoms with Gasteiger partial charge in [-0.2, -0.15) is 0 Å². The first-order chi connectivity index (χ1) is 8.34. The molecule has 3 rings (SSSR count). The average Bonchev–Trinajstić information content (AvgIpc) is 2.81. The topological polar surface area (TPSA) is 22.1 Å². The van der Waals surface area contributed by atoms with E-state index in [0.29, 0.717) is 5.75 Å². The molecule has 0 radical (unpaired) electrons. The standard InChI is InChI=1S/C13H8FNOS/c14-9-3-1-2-4-11(9)16-12-5-7-15-10-6-8-17-13(10)12/h1-8H. The minimum Gasteiger partial charge on any atom is -0.453 e. The summed E-state index contributed by atoms with van der Waals surface area (Å²) >= 11 is 1.53. The van der Waals surface area contributed by atoms with Crippen LogP contribution in [0.15, 0.2) is 48.0 Å². The smallest absolute Gasteiger partial charge is 0.165 e. The number of ether oxygens (including phenoxy) is 1. The minimum absolute atomic E-state index is 0.230. The molecule has 2 nitrogen and oxygen atoms in total. The lowest BCUT2D eigenvalue weighted by molar-refractivity contribution is 0.447. The number of fused-ring (bicyclic) bond motifs is 1. The van der Waals surface area contributed by atoms with E-state index in [1.165, 1.54) is 17.4 Å². The van der Waals surface area contributed by atoms with Gasteiger partial charge in [0.25, 0.3) is 0 Å². The molecular formula is C13H8FNOS. The van der Waals surface area contributed by atoms with E-state index in [4.69, 9.17) is 4.74 Å². The van der Waals surface area contributed by atoms with Gasteiger partial charge in [-0.15, -0.1) is 11.3 Å². The summed E-state index contributed by atoms with van der Waals surface area (Å²) in [5, 5.41) is 1.94. The van der Waals surface area contributed by atoms with Crippen molar-refractivity contribution in [1.29, 1.82) is 0 Å². The zero-order valence-corrected chi connectivity index (χ0v) is 9.58. The van der Waals surface area contributed by atoms with E-state index >= 15 is 0 Å². The second kappa shape index (κ2) is 4.14. The lowest BCUT2D eigenvalue weighted by Gasteiger charge is -2.06. The van der Waals surface area contributed by atoms with Gasteiger partial charge in [0.2, 0.25) is 0 Å². The Bertz CT molecular complexity index is 665. The molecule has 2 heterocycles. The van der Waals surface area contributed by atoms with Crippen LogP contribution in [0.25, 0.3) is 10.2 Å². The molecule has 3 aromatic rings. The van der Waals surface area contributed by atoms with Crippen LogP contribution in [-0.2, 0) is 0 Å². The second-order valence-corrected chi connectivity index (χ2v) is 4.39. The molecule has 0 fully saturated rings. The van der Waals surface area contributed by atoms with E-state index in [9.17, 15) is 4.39 Å². The molecule has 0 aliphatic carbocycles. The average molecular weight is 245 g/mol. The summed E-state index contributed by atoms with van der Waals surface area (Å²) in [6.07, 6.45) is 1.66. The van der Waals surface area contributed by atoms with Crippen LogP contribution in [0.2, 0.25) is 0 Å². The van der Waals surface area contributed by atoms with Crippen LogP contribution in [0.5, 0.6) is 11.5 Å². The zero-order valence-electron chi connectivity index (χ0n) is 8.76. The molecule has 0 aliphatic heterocycles. The third-order valence-corrected chi connectivity index (χ3v) is 3.28. The van der Waals surface area contributed by atoms with Crippen LogP contribution >= 0.6 is 11.3 Å². The highest BCUT2D eigenvalue weighted by Gasteiger charge is 2.08. The summed E-state index contributed by atoms with van der Waals surface area (Å²) in [4.78, 5) is 4.20. The first-order valence-corrected chi connectivity index (χ1v) is 5.97. The van der Waals surface area contributed by atoms with Crippen molar-refractivity contribution in [1.82, 2.24) is 4.98 Å². The third kappa shape index (κ3) is 1.87. The van der Waals surface area contributed by atoms with Gasteiger partial charge in [-0.1, -0.05) is 12.1 Å². The molecule has 1 aromatic carbocycles. The molecule has 0 spiro atoms. The Hall–Kier alpha value is -1.94. The maximum Gasteiger partial charge on any atom is 0.165 e. The normalized spacial score (nSPS) is 10.6. The number of benzene rings is 1. The molecule has 17 heavy (non-hydrogen) atoms. The summed E-state index contributed by atoms with van der Waals surface area (Å²) in [5.74, 6) is 0.498. The highest BCUT2D eigenvalue weighted by atomic mass is 32.1. The number of nitrogens with zero attached hydrogens (tertiary/aromatic N) is 1. The maximum absolute atomic E-state index is 13.5. The van der Waals surface area contributed by atoms with Gasteiger partial charge in [-0.25, -0.2) is 4.39 Å². The summed E-state index contributed by atoms with van der Waals surface area (Å²) in [5.41, 5.74) is 0.865. The molecule has 0 aliphatic rings. The van der Waals surface area contributed by atoms with Crippen molar-refractivity contribution in [3.63, 3.8) is 0 Å². The number of para-hydroxylation sites is 1. The van der Waals surface area contributed by atoms with Gasteiger partial charge in [0.1, 0.15) is 5.75 Å². The molecule has 2 aromatic heterocycles. The first kappa shape index (κ1) is 10.2. The Balaban J connectivity index is 2.06. The number of pyridine rings is 1. The maximum atomic E-state index is 13.5. The lowest BCUT2D eigenvalue weighted by atomic mass is 10.3. The SMILES string of the molecule is Fc1ccccc1Oc1ccnc2ccsc12. The predicted molar refractivity (Wildman–Crippen MR) is 66.1 cm³/mol. The van der Waals surface area contributed by atoms with Crippen molar-refractivity contribution >= 4 is 21.6 Å². The van der Waals surface area contributed by atoms with Crippen molar-refractivity contribution in [2.24, 2.45) is 0 Å². The highest BCUT2D eigenvalue weighted by molar-refractivity contribution is 7.17. The summed E-state index contributed by atoms with van der Waals surface area (Å²) in [6, 6.07) is 10.0. The van der Waals surface area contributed by atoms with Crippen LogP contribution in [0.3, 0.4) is 0 Å². The van der Waals surface area contributed by atoms with Crippen molar-refractivity contribution in [3.05, 3.63) is 53.8 Å². The van der Waals surface area contributed by atoms with Crippen LogP contribution in [0, 0.1) is 5.82 Å². The second-order valence-electron chi connectivity index (χ2n) is 3.48. The Kier molecular flexibility index (Phi) is 2.49. The molecule has 0 unspecified atom stereocenters. The number of thiophene rings is 1. The quantitative estimate of drug-likeness (QED) is 0.674. The van der Waals surface area contributed by atoms with E-state index in [-0.39, 0.29) is 11.6 Å². The molecule has 0 bridgehead atoms. The molecule has 0 saturated carbocycles. The van der Waals surface area contributed by atoms with Gasteiger partial charge in [0.15, 0.2) is 11.6 Å². The van der Waals surface area contributed by atoms with Crippen LogP contribution in [0.4, 0.5) is 4.39 Å². The largest absolute Gasteiger partial charge is 0.453 e. The molecule has 0 atom stereocenters. The molecule has 4 heteroatoms.